The maximum Gasteiger partial charge on any atom is 0.316 e. The number of benzene rings is 1. The molecule has 0 radical (unpaired) electrons. The Morgan fingerprint density at radius 2 is 1.83 bits per heavy atom. The monoisotopic (exact) mass is 414 g/mol. The molecule has 0 N–H and O–H groups in total. The lowest BCUT2D eigenvalue weighted by Gasteiger charge is -2.25. The molecule has 10 heteroatoms. The van der Waals surface area contributed by atoms with E-state index in [1.165, 1.54) is 18.5 Å². The van der Waals surface area contributed by atoms with Gasteiger partial charge in [0.05, 0.1) is 23.6 Å². The van der Waals surface area contributed by atoms with Crippen molar-refractivity contribution in [3.8, 4) is 17.1 Å². The molecule has 0 aliphatic carbocycles. The first-order chi connectivity index (χ1) is 13.7. The first-order valence-corrected chi connectivity index (χ1v) is 10.7. The van der Waals surface area contributed by atoms with Crippen molar-refractivity contribution in [2.45, 2.75) is 26.5 Å². The molecule has 1 fully saturated rings. The van der Waals surface area contributed by atoms with Crippen molar-refractivity contribution < 1.29 is 22.7 Å². The van der Waals surface area contributed by atoms with Gasteiger partial charge < -0.3 is 4.74 Å². The highest BCUT2D eigenvalue weighted by atomic mass is 32.2. The smallest absolute Gasteiger partial charge is 0.316 e. The molecule has 0 saturated carbocycles. The van der Waals surface area contributed by atoms with Gasteiger partial charge in [-0.05, 0) is 24.6 Å². The lowest BCUT2D eigenvalue weighted by molar-refractivity contribution is -0.117. The zero-order valence-corrected chi connectivity index (χ0v) is 16.6. The van der Waals surface area contributed by atoms with Crippen LogP contribution in [0.2, 0.25) is 0 Å². The maximum absolute atomic E-state index is 12.0. The molecule has 0 unspecified atom stereocenters. The van der Waals surface area contributed by atoms with Crippen LogP contribution in [-0.4, -0.2) is 57.3 Å². The summed E-state index contributed by atoms with van der Waals surface area (Å²) in [6.07, 6.45) is 2.74. The minimum Gasteiger partial charge on any atom is -0.458 e. The van der Waals surface area contributed by atoms with Crippen LogP contribution in [0.3, 0.4) is 0 Å². The van der Waals surface area contributed by atoms with Crippen molar-refractivity contribution in [3.63, 3.8) is 0 Å². The van der Waals surface area contributed by atoms with E-state index in [2.05, 4.69) is 15.1 Å². The normalized spacial score (nSPS) is 15.8. The van der Waals surface area contributed by atoms with Crippen LogP contribution >= 0.6 is 0 Å². The molecule has 1 aromatic carbocycles. The third-order valence-corrected chi connectivity index (χ3v) is 6.33. The van der Waals surface area contributed by atoms with Crippen LogP contribution in [0.4, 0.5) is 0 Å². The number of carbonyl (C=O) groups is 2. The third kappa shape index (κ3) is 3.88. The standard InChI is InChI=1S/C19H18N4O5S/c1-11(24)8-23-17-4-3-13(5-16(17)18(22-23)12(2)25)14-6-20-19(21-7-14)28-15-9-29(26,27)10-15/h3-7,15H,8-10H2,1-2H3. The van der Waals surface area contributed by atoms with Gasteiger partial charge >= 0.3 is 6.01 Å². The van der Waals surface area contributed by atoms with Crippen molar-refractivity contribution in [2.24, 2.45) is 0 Å². The van der Waals surface area contributed by atoms with Crippen LogP contribution in [0.1, 0.15) is 24.3 Å². The average molecular weight is 414 g/mol. The predicted molar refractivity (Wildman–Crippen MR) is 105 cm³/mol. The Bertz CT molecular complexity index is 1220. The highest BCUT2D eigenvalue weighted by Crippen LogP contribution is 2.27. The summed E-state index contributed by atoms with van der Waals surface area (Å²) in [5.41, 5.74) is 2.48. The van der Waals surface area contributed by atoms with E-state index in [1.54, 1.807) is 18.5 Å². The Balaban J connectivity index is 1.63. The summed E-state index contributed by atoms with van der Waals surface area (Å²) in [5, 5.41) is 4.93. The number of sulfone groups is 1. The Hall–Kier alpha value is -3.14. The Labute approximate surface area is 166 Å². The molecule has 0 spiro atoms. The average Bonchev–Trinajstić information content (AvgIpc) is 2.98. The minimum absolute atomic E-state index is 0.0210. The third-order valence-electron chi connectivity index (χ3n) is 4.57. The second kappa shape index (κ2) is 7.03. The van der Waals surface area contributed by atoms with E-state index >= 15 is 0 Å². The topological polar surface area (TPSA) is 121 Å². The molecule has 150 valence electrons. The molecule has 0 amide bonds. The second-order valence-corrected chi connectivity index (χ2v) is 9.22. The van der Waals surface area contributed by atoms with E-state index in [0.29, 0.717) is 22.2 Å². The van der Waals surface area contributed by atoms with Crippen LogP contribution in [-0.2, 0) is 21.2 Å². The first-order valence-electron chi connectivity index (χ1n) is 8.92. The van der Waals surface area contributed by atoms with Gasteiger partial charge in [-0.1, -0.05) is 6.07 Å². The number of aromatic nitrogens is 4. The van der Waals surface area contributed by atoms with Gasteiger partial charge in [0.2, 0.25) is 0 Å². The zero-order chi connectivity index (χ0) is 20.8. The second-order valence-electron chi connectivity index (χ2n) is 7.07. The van der Waals surface area contributed by atoms with Crippen LogP contribution in [0.5, 0.6) is 6.01 Å². The van der Waals surface area contributed by atoms with Gasteiger partial charge in [0, 0.05) is 30.3 Å². The number of hydrogen-bond acceptors (Lipinski definition) is 8. The molecule has 0 bridgehead atoms. The van der Waals surface area contributed by atoms with Crippen LogP contribution in [0.25, 0.3) is 22.0 Å². The molecule has 1 aliphatic heterocycles. The van der Waals surface area contributed by atoms with Gasteiger partial charge in [-0.3, -0.25) is 14.3 Å². The van der Waals surface area contributed by atoms with Crippen LogP contribution in [0, 0.1) is 0 Å². The fourth-order valence-electron chi connectivity index (χ4n) is 3.21. The number of ketones is 2. The Kier molecular flexibility index (Phi) is 4.65. The van der Waals surface area contributed by atoms with Crippen LogP contribution in [0.15, 0.2) is 30.6 Å². The van der Waals surface area contributed by atoms with Crippen molar-refractivity contribution in [1.82, 2.24) is 19.7 Å². The molecular formula is C19H18N4O5S. The van der Waals surface area contributed by atoms with Gasteiger partial charge in [-0.15, -0.1) is 0 Å². The quantitative estimate of drug-likeness (QED) is 0.556. The van der Waals surface area contributed by atoms with E-state index in [0.717, 1.165) is 5.56 Å². The van der Waals surface area contributed by atoms with E-state index in [9.17, 15) is 18.0 Å². The van der Waals surface area contributed by atoms with E-state index in [4.69, 9.17) is 4.74 Å². The van der Waals surface area contributed by atoms with Gasteiger partial charge in [0.25, 0.3) is 0 Å². The number of ether oxygens (including phenoxy) is 1. The molecule has 29 heavy (non-hydrogen) atoms. The molecule has 1 saturated heterocycles. The summed E-state index contributed by atoms with van der Waals surface area (Å²) in [7, 11) is -2.98. The molecular weight excluding hydrogens is 396 g/mol. The van der Waals surface area contributed by atoms with Crippen LogP contribution < -0.4 is 4.74 Å². The number of fused-ring (bicyclic) bond motifs is 1. The minimum atomic E-state index is -2.98. The summed E-state index contributed by atoms with van der Waals surface area (Å²) >= 11 is 0. The number of rotatable bonds is 6. The largest absolute Gasteiger partial charge is 0.458 e. The summed E-state index contributed by atoms with van der Waals surface area (Å²) in [5.74, 6) is -0.290. The number of carbonyl (C=O) groups excluding carboxylic acids is 2. The summed E-state index contributed by atoms with van der Waals surface area (Å²) in [6, 6.07) is 5.57. The number of Topliss-reactive ketones (excluding diaryl/α,β-unsaturated/α-hetero) is 2. The van der Waals surface area contributed by atoms with E-state index in [-0.39, 0.29) is 35.6 Å². The van der Waals surface area contributed by atoms with Gasteiger partial charge in [0.1, 0.15) is 11.8 Å². The van der Waals surface area contributed by atoms with Gasteiger partial charge in [0.15, 0.2) is 21.4 Å². The van der Waals surface area contributed by atoms with E-state index in [1.807, 2.05) is 12.1 Å². The molecule has 4 rings (SSSR count). The molecule has 2 aromatic heterocycles. The Morgan fingerprint density at radius 1 is 1.14 bits per heavy atom. The Morgan fingerprint density at radius 3 is 2.41 bits per heavy atom. The summed E-state index contributed by atoms with van der Waals surface area (Å²) in [4.78, 5) is 31.8. The first kappa shape index (κ1) is 19.2. The van der Waals surface area contributed by atoms with Crippen molar-refractivity contribution in [2.75, 3.05) is 11.5 Å². The summed E-state index contributed by atoms with van der Waals surface area (Å²) < 4.78 is 29.4. The van der Waals surface area contributed by atoms with Crippen molar-refractivity contribution >= 4 is 32.3 Å². The number of hydrogen-bond donors (Lipinski definition) is 0. The molecule has 0 atom stereocenters. The zero-order valence-electron chi connectivity index (χ0n) is 15.8. The fourth-order valence-corrected chi connectivity index (χ4v) is 4.38. The summed E-state index contributed by atoms with van der Waals surface area (Å²) in [6.45, 7) is 2.99. The fraction of sp³-hybridized carbons (Fsp3) is 0.316. The van der Waals surface area contributed by atoms with Gasteiger partial charge in [-0.2, -0.15) is 5.10 Å². The highest BCUT2D eigenvalue weighted by Gasteiger charge is 2.35. The number of nitrogens with zero attached hydrogens (tertiary/aromatic N) is 4. The SMILES string of the molecule is CC(=O)Cn1nc(C(C)=O)c2cc(-c3cnc(OC4CS(=O)(=O)C4)nc3)ccc21. The molecule has 3 heterocycles. The van der Waals surface area contributed by atoms with Crippen molar-refractivity contribution in [3.05, 3.63) is 36.3 Å². The lowest BCUT2D eigenvalue weighted by atomic mass is 10.0. The molecule has 1 aliphatic rings. The van der Waals surface area contributed by atoms with Crippen molar-refractivity contribution in [1.29, 1.82) is 0 Å². The molecule has 3 aromatic rings. The maximum atomic E-state index is 12.0. The van der Waals surface area contributed by atoms with Gasteiger partial charge in [-0.25, -0.2) is 18.4 Å². The molecule has 9 nitrogen and oxygen atoms in total. The predicted octanol–water partition coefficient (Wildman–Crippen LogP) is 1.46. The van der Waals surface area contributed by atoms with E-state index < -0.39 is 15.9 Å². The highest BCUT2D eigenvalue weighted by molar-refractivity contribution is 7.92. The lowest BCUT2D eigenvalue weighted by Crippen LogP contribution is -2.45.